The summed E-state index contributed by atoms with van der Waals surface area (Å²) in [5.41, 5.74) is 2.86. The number of hydrogen-bond acceptors (Lipinski definition) is 4. The molecule has 0 aromatic heterocycles. The molecule has 1 atom stereocenters. The maximum absolute atomic E-state index is 4.48. The van der Waals surface area contributed by atoms with Gasteiger partial charge in [0.05, 0.1) is 0 Å². The Labute approximate surface area is 193 Å². The first kappa shape index (κ1) is 22.8. The zero-order chi connectivity index (χ0) is 19.3. The molecule has 7 heteroatoms. The third-order valence-electron chi connectivity index (χ3n) is 6.70. The fourth-order valence-electron chi connectivity index (χ4n) is 4.78. The quantitative estimate of drug-likeness (QED) is 0.358. The van der Waals surface area contributed by atoms with Crippen LogP contribution in [-0.2, 0) is 6.54 Å². The molecule has 1 aromatic rings. The summed E-state index contributed by atoms with van der Waals surface area (Å²) in [4.78, 5) is 12.3. The van der Waals surface area contributed by atoms with E-state index in [0.717, 1.165) is 32.1 Å². The maximum Gasteiger partial charge on any atom is 0.191 e. The summed E-state index contributed by atoms with van der Waals surface area (Å²) in [6, 6.07) is 9.89. The molecule has 0 spiro atoms. The van der Waals surface area contributed by atoms with Crippen LogP contribution in [0.1, 0.15) is 24.0 Å². The van der Waals surface area contributed by atoms with E-state index in [1.54, 1.807) is 0 Å². The Balaban J connectivity index is 0.00000240. The van der Waals surface area contributed by atoms with Gasteiger partial charge < -0.3 is 10.6 Å². The second-order valence-electron chi connectivity index (χ2n) is 8.56. The fraction of sp³-hybridized carbons (Fsp3) is 0.682. The van der Waals surface area contributed by atoms with Crippen molar-refractivity contribution in [3.8, 4) is 0 Å². The van der Waals surface area contributed by atoms with Gasteiger partial charge in [-0.15, -0.1) is 24.0 Å². The van der Waals surface area contributed by atoms with Gasteiger partial charge in [-0.2, -0.15) is 0 Å². The highest BCUT2D eigenvalue weighted by Gasteiger charge is 2.31. The number of aryl methyl sites for hydroxylation is 1. The smallest absolute Gasteiger partial charge is 0.191 e. The third kappa shape index (κ3) is 6.06. The highest BCUT2D eigenvalue weighted by molar-refractivity contribution is 14.0. The lowest BCUT2D eigenvalue weighted by atomic mass is 10.0. The van der Waals surface area contributed by atoms with Crippen molar-refractivity contribution in [3.05, 3.63) is 35.4 Å². The Morgan fingerprint density at radius 3 is 2.41 bits per heavy atom. The number of rotatable bonds is 5. The van der Waals surface area contributed by atoms with Crippen LogP contribution in [0.2, 0.25) is 0 Å². The molecule has 4 aliphatic heterocycles. The van der Waals surface area contributed by atoms with Crippen LogP contribution >= 0.6 is 24.0 Å². The average Bonchev–Trinajstić information content (AvgIpc) is 2.75. The molecule has 5 rings (SSSR count). The number of likely N-dealkylation sites (tertiary alicyclic amines) is 1. The Morgan fingerprint density at radius 1 is 1.07 bits per heavy atom. The van der Waals surface area contributed by atoms with E-state index in [1.165, 1.54) is 56.7 Å². The minimum Gasteiger partial charge on any atom is -0.355 e. The minimum atomic E-state index is 0. The Kier molecular flexibility index (Phi) is 8.58. The normalized spacial score (nSPS) is 28.1. The minimum absolute atomic E-state index is 0. The van der Waals surface area contributed by atoms with Crippen LogP contribution < -0.4 is 10.6 Å². The fourth-order valence-corrected chi connectivity index (χ4v) is 4.78. The molecule has 4 heterocycles. The van der Waals surface area contributed by atoms with Gasteiger partial charge in [-0.3, -0.25) is 19.7 Å². The number of hydrogen-bond donors (Lipinski definition) is 2. The van der Waals surface area contributed by atoms with Crippen LogP contribution in [0.4, 0.5) is 0 Å². The van der Waals surface area contributed by atoms with Gasteiger partial charge in [-0.25, -0.2) is 0 Å². The highest BCUT2D eigenvalue weighted by Crippen LogP contribution is 2.17. The molecule has 1 aromatic carbocycles. The van der Waals surface area contributed by atoms with Crippen molar-refractivity contribution < 1.29 is 0 Å². The molecule has 29 heavy (non-hydrogen) atoms. The van der Waals surface area contributed by atoms with Crippen LogP contribution in [0.25, 0.3) is 0 Å². The molecule has 2 N–H and O–H groups in total. The van der Waals surface area contributed by atoms with Crippen LogP contribution in [0.3, 0.4) is 0 Å². The van der Waals surface area contributed by atoms with Crippen molar-refractivity contribution in [1.82, 2.24) is 25.3 Å². The molecule has 4 aliphatic rings. The van der Waals surface area contributed by atoms with E-state index >= 15 is 0 Å². The number of aliphatic imine (C=N–C) groups is 1. The topological polar surface area (TPSA) is 46.1 Å². The van der Waals surface area contributed by atoms with E-state index in [0.29, 0.717) is 12.1 Å². The summed E-state index contributed by atoms with van der Waals surface area (Å²) in [7, 11) is 1.89. The number of nitrogens with one attached hydrogen (secondary N) is 2. The summed E-state index contributed by atoms with van der Waals surface area (Å²) < 4.78 is 0. The van der Waals surface area contributed by atoms with Crippen molar-refractivity contribution in [1.29, 1.82) is 0 Å². The highest BCUT2D eigenvalue weighted by atomic mass is 127. The van der Waals surface area contributed by atoms with Gasteiger partial charge >= 0.3 is 0 Å². The Hall–Kier alpha value is -0.900. The van der Waals surface area contributed by atoms with Crippen LogP contribution in [0.5, 0.6) is 0 Å². The lowest BCUT2D eigenvalue weighted by Gasteiger charge is -2.47. The maximum atomic E-state index is 4.48. The van der Waals surface area contributed by atoms with Gasteiger partial charge in [0.25, 0.3) is 0 Å². The first-order valence-electron chi connectivity index (χ1n) is 10.9. The molecule has 0 aliphatic carbocycles. The Morgan fingerprint density at radius 2 is 1.79 bits per heavy atom. The summed E-state index contributed by atoms with van der Waals surface area (Å²) in [5.74, 6) is 0.968. The van der Waals surface area contributed by atoms with E-state index in [-0.39, 0.29) is 24.0 Å². The van der Waals surface area contributed by atoms with Crippen LogP contribution in [0.15, 0.2) is 29.3 Å². The number of piperidine rings is 1. The van der Waals surface area contributed by atoms with Crippen molar-refractivity contribution in [3.63, 3.8) is 0 Å². The molecule has 0 saturated carbocycles. The van der Waals surface area contributed by atoms with Crippen LogP contribution in [-0.4, -0.2) is 92.1 Å². The van der Waals surface area contributed by atoms with Crippen molar-refractivity contribution >= 4 is 29.9 Å². The van der Waals surface area contributed by atoms with E-state index in [2.05, 4.69) is 61.5 Å². The number of nitrogens with zero attached hydrogens (tertiary/aromatic N) is 4. The molecular weight excluding hydrogens is 475 g/mol. The predicted molar refractivity (Wildman–Crippen MR) is 131 cm³/mol. The van der Waals surface area contributed by atoms with Crippen molar-refractivity contribution in [2.45, 2.75) is 38.4 Å². The number of guanidine groups is 1. The zero-order valence-corrected chi connectivity index (χ0v) is 20.3. The standard InChI is InChI=1S/C22H36N6.HI/c1-18-5-3-4-6-19(18)16-26-9-7-20(8-10-26)25-22(23-2)24-15-21-17-27-11-13-28(21)14-12-27;/h3-6,20-21H,7-17H2,1-2H3,(H2,23,24,25);1H. The molecular formula is C22H37IN6. The first-order chi connectivity index (χ1) is 13.7. The zero-order valence-electron chi connectivity index (χ0n) is 17.9. The molecule has 162 valence electrons. The second kappa shape index (κ2) is 10.9. The van der Waals surface area contributed by atoms with E-state index in [4.69, 9.17) is 0 Å². The monoisotopic (exact) mass is 512 g/mol. The van der Waals surface area contributed by atoms with E-state index in [1.807, 2.05) is 7.05 Å². The summed E-state index contributed by atoms with van der Waals surface area (Å²) >= 11 is 0. The SMILES string of the molecule is CN=C(NCC1CN2CCN1CC2)NC1CCN(Cc2ccccc2C)CC1.I. The molecule has 0 amide bonds. The average molecular weight is 512 g/mol. The predicted octanol–water partition coefficient (Wildman–Crippen LogP) is 1.74. The van der Waals surface area contributed by atoms with E-state index < -0.39 is 0 Å². The lowest BCUT2D eigenvalue weighted by Crippen LogP contribution is -2.64. The van der Waals surface area contributed by atoms with E-state index in [9.17, 15) is 0 Å². The van der Waals surface area contributed by atoms with Gasteiger partial charge in [0.2, 0.25) is 0 Å². The molecule has 4 fully saturated rings. The van der Waals surface area contributed by atoms with Crippen molar-refractivity contribution in [2.75, 3.05) is 59.4 Å². The Bertz CT molecular complexity index is 665. The number of halogens is 1. The van der Waals surface area contributed by atoms with Gasteiger partial charge in [-0.1, -0.05) is 24.3 Å². The molecule has 0 radical (unpaired) electrons. The molecule has 4 saturated heterocycles. The van der Waals surface area contributed by atoms with Crippen LogP contribution in [0, 0.1) is 6.92 Å². The number of benzene rings is 1. The van der Waals surface area contributed by atoms with Gasteiger partial charge in [0.15, 0.2) is 5.96 Å². The lowest BCUT2D eigenvalue weighted by molar-refractivity contribution is 0.0154. The second-order valence-corrected chi connectivity index (χ2v) is 8.56. The first-order valence-corrected chi connectivity index (χ1v) is 10.9. The molecule has 6 nitrogen and oxygen atoms in total. The molecule has 2 bridgehead atoms. The number of piperazine rings is 3. The van der Waals surface area contributed by atoms with Gasteiger partial charge in [0.1, 0.15) is 0 Å². The number of fused-ring (bicyclic) bond motifs is 3. The van der Waals surface area contributed by atoms with Gasteiger partial charge in [0, 0.05) is 78.0 Å². The summed E-state index contributed by atoms with van der Waals surface area (Å²) in [6.45, 7) is 12.7. The van der Waals surface area contributed by atoms with Gasteiger partial charge in [-0.05, 0) is 30.9 Å². The third-order valence-corrected chi connectivity index (χ3v) is 6.70. The molecule has 1 unspecified atom stereocenters. The largest absolute Gasteiger partial charge is 0.355 e. The van der Waals surface area contributed by atoms with Crippen molar-refractivity contribution in [2.24, 2.45) is 4.99 Å². The summed E-state index contributed by atoms with van der Waals surface area (Å²) in [6.07, 6.45) is 2.35. The summed E-state index contributed by atoms with van der Waals surface area (Å²) in [5, 5.41) is 7.25.